The smallest absolute Gasteiger partial charge is 0.296 e. The second-order valence-electron chi connectivity index (χ2n) is 7.49. The Morgan fingerprint density at radius 1 is 1.06 bits per heavy atom. The van der Waals surface area contributed by atoms with Crippen LogP contribution in [0, 0.1) is 0 Å². The van der Waals surface area contributed by atoms with Crippen molar-refractivity contribution in [2.75, 3.05) is 5.32 Å². The molecular weight excluding hydrogens is 408 g/mol. The molecule has 8 nitrogen and oxygen atoms in total. The number of aromatic nitrogens is 3. The lowest BCUT2D eigenvalue weighted by atomic mass is 9.81. The molecule has 0 aliphatic heterocycles. The number of nitrogens with zero attached hydrogens (tertiary/aromatic N) is 3. The molecule has 0 spiro atoms. The zero-order valence-corrected chi connectivity index (χ0v) is 17.6. The molecule has 2 N–H and O–H groups in total. The number of anilines is 1. The van der Waals surface area contributed by atoms with Gasteiger partial charge in [0.05, 0.1) is 6.20 Å². The number of nitrogens with one attached hydrogen (secondary N) is 1. The van der Waals surface area contributed by atoms with E-state index < -0.39 is 17.2 Å². The van der Waals surface area contributed by atoms with Gasteiger partial charge in [-0.1, -0.05) is 72.7 Å². The van der Waals surface area contributed by atoms with Crippen LogP contribution in [-0.2, 0) is 7.05 Å². The number of benzene rings is 2. The van der Waals surface area contributed by atoms with E-state index in [0.29, 0.717) is 5.82 Å². The quantitative estimate of drug-likeness (QED) is 0.483. The van der Waals surface area contributed by atoms with E-state index in [1.54, 1.807) is 0 Å². The normalized spacial score (nSPS) is 12.0. The van der Waals surface area contributed by atoms with Crippen LogP contribution in [0.1, 0.15) is 46.2 Å². The Balaban J connectivity index is 1.81. The highest BCUT2D eigenvalue weighted by molar-refractivity contribution is 6.04. The van der Waals surface area contributed by atoms with Gasteiger partial charge >= 0.3 is 0 Å². The van der Waals surface area contributed by atoms with E-state index in [2.05, 4.69) is 15.5 Å². The third-order valence-electron chi connectivity index (χ3n) is 5.43. The molecule has 1 atom stereocenters. The third-order valence-corrected chi connectivity index (χ3v) is 5.43. The largest absolute Gasteiger partial charge is 0.501 e. The van der Waals surface area contributed by atoms with Crippen LogP contribution in [0.4, 0.5) is 5.69 Å². The molecule has 4 aromatic rings. The van der Waals surface area contributed by atoms with Gasteiger partial charge in [0.1, 0.15) is 17.8 Å². The maximum absolute atomic E-state index is 12.8. The minimum Gasteiger partial charge on any atom is -0.501 e. The van der Waals surface area contributed by atoms with Crippen molar-refractivity contribution < 1.29 is 14.4 Å². The summed E-state index contributed by atoms with van der Waals surface area (Å²) in [5, 5.41) is 16.4. The van der Waals surface area contributed by atoms with Crippen LogP contribution < -0.4 is 10.9 Å². The fourth-order valence-corrected chi connectivity index (χ4v) is 3.87. The minimum atomic E-state index is -0.729. The first-order chi connectivity index (χ1) is 15.5. The Hall–Kier alpha value is -4.20. The fourth-order valence-electron chi connectivity index (χ4n) is 3.87. The van der Waals surface area contributed by atoms with Crippen LogP contribution in [0.5, 0.6) is 5.75 Å². The molecule has 0 radical (unpaired) electrons. The Morgan fingerprint density at radius 2 is 1.66 bits per heavy atom. The van der Waals surface area contributed by atoms with Crippen LogP contribution in [0.3, 0.4) is 0 Å². The molecule has 0 saturated heterocycles. The second kappa shape index (κ2) is 8.89. The van der Waals surface area contributed by atoms with E-state index in [1.165, 1.54) is 24.1 Å². The first-order valence-corrected chi connectivity index (χ1v) is 10.1. The topological polar surface area (TPSA) is 110 Å². The van der Waals surface area contributed by atoms with Gasteiger partial charge in [-0.05, 0) is 11.1 Å². The monoisotopic (exact) mass is 430 g/mol. The lowest BCUT2D eigenvalue weighted by Gasteiger charge is -2.26. The summed E-state index contributed by atoms with van der Waals surface area (Å²) in [4.78, 5) is 29.9. The Labute approximate surface area is 184 Å². The molecule has 8 heteroatoms. The molecule has 32 heavy (non-hydrogen) atoms. The van der Waals surface area contributed by atoms with Crippen LogP contribution in [0.2, 0.25) is 0 Å². The van der Waals surface area contributed by atoms with Crippen LogP contribution >= 0.6 is 0 Å². The van der Waals surface area contributed by atoms with Gasteiger partial charge in [0.15, 0.2) is 5.69 Å². The van der Waals surface area contributed by atoms with Crippen molar-refractivity contribution in [2.24, 2.45) is 7.05 Å². The van der Waals surface area contributed by atoms with E-state index in [1.807, 2.05) is 67.6 Å². The van der Waals surface area contributed by atoms with Crippen molar-refractivity contribution in [3.8, 4) is 5.75 Å². The summed E-state index contributed by atoms with van der Waals surface area (Å²) in [5.74, 6) is -1.49. The van der Waals surface area contributed by atoms with Gasteiger partial charge in [0, 0.05) is 18.9 Å². The van der Waals surface area contributed by atoms with Crippen molar-refractivity contribution in [3.05, 3.63) is 106 Å². The standard InChI is InChI=1S/C24H22N4O4/c1-15(19(16-9-5-3-6-10-16)17-11-7-4-8-12-17)22-27-20(21(29)24(31)28(22)2)23(30)26-18-13-25-32-14-18/h3-15,19,29H,1-2H3,(H,26,30)/t15-/m1/s1. The Morgan fingerprint density at radius 3 is 2.19 bits per heavy atom. The summed E-state index contributed by atoms with van der Waals surface area (Å²) in [6.45, 7) is 1.95. The molecule has 0 saturated carbocycles. The second-order valence-corrected chi connectivity index (χ2v) is 7.49. The summed E-state index contributed by atoms with van der Waals surface area (Å²) < 4.78 is 5.99. The Kier molecular flexibility index (Phi) is 5.85. The number of carbonyl (C=O) groups excluding carboxylic acids is 1. The maximum Gasteiger partial charge on any atom is 0.296 e. The highest BCUT2D eigenvalue weighted by Crippen LogP contribution is 2.37. The van der Waals surface area contributed by atoms with Crippen LogP contribution in [-0.4, -0.2) is 25.7 Å². The summed E-state index contributed by atoms with van der Waals surface area (Å²) in [6, 6.07) is 19.8. The van der Waals surface area contributed by atoms with Gasteiger partial charge < -0.3 is 14.9 Å². The predicted octanol–water partition coefficient (Wildman–Crippen LogP) is 3.66. The van der Waals surface area contributed by atoms with E-state index in [-0.39, 0.29) is 23.2 Å². The average molecular weight is 430 g/mol. The maximum atomic E-state index is 12.8. The average Bonchev–Trinajstić information content (AvgIpc) is 3.32. The third kappa shape index (κ3) is 4.02. The molecule has 0 fully saturated rings. The molecule has 2 aromatic carbocycles. The SMILES string of the molecule is C[C@@H](c1nc(C(=O)Nc2cnoc2)c(O)c(=O)n1C)C(c1ccccc1)c1ccccc1. The fraction of sp³-hybridized carbons (Fsp3) is 0.167. The Bertz CT molecular complexity index is 1230. The van der Waals surface area contributed by atoms with Crippen molar-refractivity contribution in [1.29, 1.82) is 0 Å². The molecule has 0 bridgehead atoms. The van der Waals surface area contributed by atoms with E-state index >= 15 is 0 Å². The summed E-state index contributed by atoms with van der Waals surface area (Å²) in [6.07, 6.45) is 2.54. The summed E-state index contributed by atoms with van der Waals surface area (Å²) >= 11 is 0. The van der Waals surface area contributed by atoms with Gasteiger partial charge in [0.25, 0.3) is 11.5 Å². The molecule has 162 valence electrons. The zero-order chi connectivity index (χ0) is 22.7. The van der Waals surface area contributed by atoms with Crippen molar-refractivity contribution in [3.63, 3.8) is 0 Å². The zero-order valence-electron chi connectivity index (χ0n) is 17.6. The molecule has 0 aliphatic rings. The van der Waals surface area contributed by atoms with Crippen molar-refractivity contribution >= 4 is 11.6 Å². The van der Waals surface area contributed by atoms with Gasteiger partial charge in [-0.3, -0.25) is 14.2 Å². The molecule has 2 heterocycles. The van der Waals surface area contributed by atoms with E-state index in [0.717, 1.165) is 11.1 Å². The molecule has 0 aliphatic carbocycles. The minimum absolute atomic E-state index is 0.131. The summed E-state index contributed by atoms with van der Waals surface area (Å²) in [7, 11) is 1.54. The molecular formula is C24H22N4O4. The van der Waals surface area contributed by atoms with Gasteiger partial charge in [-0.15, -0.1) is 0 Å². The lowest BCUT2D eigenvalue weighted by molar-refractivity contribution is 0.101. The van der Waals surface area contributed by atoms with Crippen molar-refractivity contribution in [1.82, 2.24) is 14.7 Å². The molecule has 0 unspecified atom stereocenters. The lowest BCUT2D eigenvalue weighted by Crippen LogP contribution is -2.29. The van der Waals surface area contributed by atoms with Crippen molar-refractivity contribution in [2.45, 2.75) is 18.8 Å². The number of hydrogen-bond acceptors (Lipinski definition) is 6. The highest BCUT2D eigenvalue weighted by atomic mass is 16.5. The molecule has 4 rings (SSSR count). The first kappa shape index (κ1) is 21.0. The number of carbonyl (C=O) groups is 1. The highest BCUT2D eigenvalue weighted by Gasteiger charge is 2.29. The van der Waals surface area contributed by atoms with Gasteiger partial charge in [-0.25, -0.2) is 4.98 Å². The number of hydrogen-bond donors (Lipinski definition) is 2. The van der Waals surface area contributed by atoms with Gasteiger partial charge in [-0.2, -0.15) is 0 Å². The predicted molar refractivity (Wildman–Crippen MR) is 119 cm³/mol. The van der Waals surface area contributed by atoms with Crippen LogP contribution in [0.15, 0.2) is 82.4 Å². The summed E-state index contributed by atoms with van der Waals surface area (Å²) in [5.41, 5.74) is 1.33. The van der Waals surface area contributed by atoms with E-state index in [4.69, 9.17) is 4.52 Å². The number of rotatable bonds is 6. The first-order valence-electron chi connectivity index (χ1n) is 10.1. The van der Waals surface area contributed by atoms with E-state index in [9.17, 15) is 14.7 Å². The number of amides is 1. The number of aromatic hydroxyl groups is 1. The van der Waals surface area contributed by atoms with Gasteiger partial charge in [0.2, 0.25) is 5.75 Å². The molecule has 2 aromatic heterocycles. The van der Waals surface area contributed by atoms with Crippen LogP contribution in [0.25, 0.3) is 0 Å². The molecule has 1 amide bonds.